The number of amides is 1. The van der Waals surface area contributed by atoms with Gasteiger partial charge in [-0.1, -0.05) is 0 Å². The van der Waals surface area contributed by atoms with E-state index in [2.05, 4.69) is 4.90 Å². The SMILES string of the molecule is COc1cc(C)c(S(=O)(=O)N(C)CCOCC(=O)N(C)[C@H]2CCC[C@@H](N3CCCC3)C2)c(C)c1. The average molecular weight is 496 g/mol. The molecular formula is C25H41N3O5S. The summed E-state index contributed by atoms with van der Waals surface area (Å²) in [4.78, 5) is 17.4. The summed E-state index contributed by atoms with van der Waals surface area (Å²) in [5.41, 5.74) is 1.28. The number of nitrogens with zero attached hydrogens (tertiary/aromatic N) is 3. The molecule has 1 amide bonds. The maximum absolute atomic E-state index is 13.1. The number of aryl methyl sites for hydroxylation is 2. The van der Waals surface area contributed by atoms with Crippen molar-refractivity contribution in [1.29, 1.82) is 0 Å². The van der Waals surface area contributed by atoms with Crippen molar-refractivity contribution in [1.82, 2.24) is 14.1 Å². The molecular weight excluding hydrogens is 454 g/mol. The van der Waals surface area contributed by atoms with Gasteiger partial charge in [-0.3, -0.25) is 4.79 Å². The molecule has 34 heavy (non-hydrogen) atoms. The number of methoxy groups -OCH3 is 1. The van der Waals surface area contributed by atoms with Crippen molar-refractivity contribution in [3.8, 4) is 5.75 Å². The normalized spacial score (nSPS) is 21.7. The van der Waals surface area contributed by atoms with Gasteiger partial charge in [0.25, 0.3) is 0 Å². The topological polar surface area (TPSA) is 79.4 Å². The number of ether oxygens (including phenoxy) is 2. The molecule has 2 fully saturated rings. The third-order valence-electron chi connectivity index (χ3n) is 7.33. The lowest BCUT2D eigenvalue weighted by Crippen LogP contribution is -2.47. The summed E-state index contributed by atoms with van der Waals surface area (Å²) in [5.74, 6) is 0.590. The molecule has 0 unspecified atom stereocenters. The van der Waals surface area contributed by atoms with Crippen LogP contribution in [0, 0.1) is 13.8 Å². The first-order chi connectivity index (χ1) is 16.1. The van der Waals surface area contributed by atoms with E-state index in [0.29, 0.717) is 22.9 Å². The fourth-order valence-corrected chi connectivity index (χ4v) is 6.86. The molecule has 1 saturated heterocycles. The van der Waals surface area contributed by atoms with Crippen LogP contribution in [-0.2, 0) is 19.6 Å². The zero-order valence-corrected chi connectivity index (χ0v) is 22.2. The molecule has 3 rings (SSSR count). The van der Waals surface area contributed by atoms with Gasteiger partial charge in [0.2, 0.25) is 15.9 Å². The van der Waals surface area contributed by atoms with Gasteiger partial charge in [-0.25, -0.2) is 8.42 Å². The van der Waals surface area contributed by atoms with Crippen LogP contribution in [0.5, 0.6) is 5.75 Å². The van der Waals surface area contributed by atoms with E-state index >= 15 is 0 Å². The molecule has 2 atom stereocenters. The van der Waals surface area contributed by atoms with Crippen molar-refractivity contribution in [2.75, 3.05) is 54.1 Å². The first kappa shape index (κ1) is 26.9. The zero-order valence-electron chi connectivity index (χ0n) is 21.4. The van der Waals surface area contributed by atoms with Crippen LogP contribution in [0.4, 0.5) is 0 Å². The van der Waals surface area contributed by atoms with Crippen molar-refractivity contribution in [2.24, 2.45) is 0 Å². The van der Waals surface area contributed by atoms with E-state index in [1.54, 1.807) is 33.1 Å². The smallest absolute Gasteiger partial charge is 0.248 e. The van der Waals surface area contributed by atoms with Crippen LogP contribution in [0.15, 0.2) is 17.0 Å². The predicted molar refractivity (Wildman–Crippen MR) is 133 cm³/mol. The highest BCUT2D eigenvalue weighted by Gasteiger charge is 2.31. The second-order valence-electron chi connectivity index (χ2n) is 9.69. The van der Waals surface area contributed by atoms with Crippen molar-refractivity contribution < 1.29 is 22.7 Å². The Balaban J connectivity index is 1.47. The van der Waals surface area contributed by atoms with Gasteiger partial charge in [0.15, 0.2) is 0 Å². The molecule has 192 valence electrons. The van der Waals surface area contributed by atoms with E-state index in [9.17, 15) is 13.2 Å². The second-order valence-corrected chi connectivity index (χ2v) is 11.7. The highest BCUT2D eigenvalue weighted by atomic mass is 32.2. The average Bonchev–Trinajstić information content (AvgIpc) is 3.35. The van der Waals surface area contributed by atoms with Crippen LogP contribution < -0.4 is 4.74 Å². The van der Waals surface area contributed by atoms with E-state index in [0.717, 1.165) is 19.3 Å². The van der Waals surface area contributed by atoms with Crippen LogP contribution in [0.25, 0.3) is 0 Å². The summed E-state index contributed by atoms with van der Waals surface area (Å²) < 4.78 is 38.3. The summed E-state index contributed by atoms with van der Waals surface area (Å²) in [6.45, 7) is 6.20. The summed E-state index contributed by atoms with van der Waals surface area (Å²) in [6.07, 6.45) is 7.01. The van der Waals surface area contributed by atoms with Gasteiger partial charge in [-0.05, 0) is 88.7 Å². The molecule has 9 heteroatoms. The van der Waals surface area contributed by atoms with E-state index in [-0.39, 0.29) is 36.6 Å². The van der Waals surface area contributed by atoms with Crippen molar-refractivity contribution in [3.63, 3.8) is 0 Å². The largest absolute Gasteiger partial charge is 0.497 e. The minimum absolute atomic E-state index is 0.0319. The van der Waals surface area contributed by atoms with Gasteiger partial charge in [0.1, 0.15) is 12.4 Å². The van der Waals surface area contributed by atoms with Crippen LogP contribution in [0.1, 0.15) is 49.7 Å². The third kappa shape index (κ3) is 6.30. The first-order valence-electron chi connectivity index (χ1n) is 12.3. The van der Waals surface area contributed by atoms with Gasteiger partial charge in [-0.15, -0.1) is 0 Å². The highest BCUT2D eigenvalue weighted by molar-refractivity contribution is 7.89. The molecule has 1 saturated carbocycles. The molecule has 0 bridgehead atoms. The fourth-order valence-electron chi connectivity index (χ4n) is 5.30. The number of likely N-dealkylation sites (tertiary alicyclic amines) is 1. The summed E-state index contributed by atoms with van der Waals surface area (Å²) >= 11 is 0. The monoisotopic (exact) mass is 495 g/mol. The Bertz CT molecular complexity index is 923. The summed E-state index contributed by atoms with van der Waals surface area (Å²) in [5, 5.41) is 0. The zero-order chi connectivity index (χ0) is 24.9. The number of hydrogen-bond donors (Lipinski definition) is 0. The molecule has 0 aromatic heterocycles. The molecule has 0 radical (unpaired) electrons. The minimum Gasteiger partial charge on any atom is -0.497 e. The molecule has 1 aromatic rings. The van der Waals surface area contributed by atoms with Gasteiger partial charge in [0.05, 0.1) is 18.6 Å². The third-order valence-corrected chi connectivity index (χ3v) is 9.49. The number of sulfonamides is 1. The van der Waals surface area contributed by atoms with Crippen LogP contribution in [-0.4, -0.2) is 94.6 Å². The van der Waals surface area contributed by atoms with E-state index in [1.807, 2.05) is 11.9 Å². The Kier molecular flexibility index (Phi) is 9.37. The number of benzene rings is 1. The standard InChI is InChI=1S/C25H41N3O5S/c1-19-15-23(32-5)16-20(2)25(19)34(30,31)26(3)13-14-33-18-24(29)27(4)21-9-8-10-22(17-21)28-11-6-7-12-28/h15-16,21-22H,6-14,17-18H2,1-5H3/t21-,22+/m0/s1. The van der Waals surface area contributed by atoms with Crippen molar-refractivity contribution in [3.05, 3.63) is 23.3 Å². The van der Waals surface area contributed by atoms with Crippen LogP contribution >= 0.6 is 0 Å². The van der Waals surface area contributed by atoms with E-state index in [1.165, 1.54) is 43.7 Å². The van der Waals surface area contributed by atoms with E-state index in [4.69, 9.17) is 9.47 Å². The molecule has 1 heterocycles. The van der Waals surface area contributed by atoms with Crippen LogP contribution in [0.2, 0.25) is 0 Å². The Morgan fingerprint density at radius 1 is 1.09 bits per heavy atom. The maximum atomic E-state index is 13.1. The highest BCUT2D eigenvalue weighted by Crippen LogP contribution is 2.29. The number of carbonyl (C=O) groups excluding carboxylic acids is 1. The van der Waals surface area contributed by atoms with Gasteiger partial charge >= 0.3 is 0 Å². The number of likely N-dealkylation sites (N-methyl/N-ethyl adjacent to an activating group) is 2. The number of carbonyl (C=O) groups is 1. The Hall–Kier alpha value is -1.68. The molecule has 1 aliphatic heterocycles. The lowest BCUT2D eigenvalue weighted by Gasteiger charge is -2.39. The van der Waals surface area contributed by atoms with Crippen molar-refractivity contribution >= 4 is 15.9 Å². The molecule has 0 spiro atoms. The number of rotatable bonds is 10. The molecule has 1 aromatic carbocycles. The molecule has 0 N–H and O–H groups in total. The molecule has 2 aliphatic rings. The van der Waals surface area contributed by atoms with Gasteiger partial charge < -0.3 is 19.3 Å². The Morgan fingerprint density at radius 3 is 2.35 bits per heavy atom. The predicted octanol–water partition coefficient (Wildman–Crippen LogP) is 2.81. The lowest BCUT2D eigenvalue weighted by atomic mass is 9.89. The Morgan fingerprint density at radius 2 is 1.74 bits per heavy atom. The quantitative estimate of drug-likeness (QED) is 0.465. The number of hydrogen-bond acceptors (Lipinski definition) is 6. The minimum atomic E-state index is -3.68. The fraction of sp³-hybridized carbons (Fsp3) is 0.720. The molecule has 1 aliphatic carbocycles. The summed E-state index contributed by atoms with van der Waals surface area (Å²) in [7, 11) is 1.29. The van der Waals surface area contributed by atoms with E-state index < -0.39 is 10.0 Å². The molecule has 8 nitrogen and oxygen atoms in total. The maximum Gasteiger partial charge on any atom is 0.248 e. The van der Waals surface area contributed by atoms with Gasteiger partial charge in [-0.2, -0.15) is 4.31 Å². The summed E-state index contributed by atoms with van der Waals surface area (Å²) in [6, 6.07) is 4.27. The lowest BCUT2D eigenvalue weighted by molar-refractivity contribution is -0.137. The first-order valence-corrected chi connectivity index (χ1v) is 13.8. The van der Waals surface area contributed by atoms with Gasteiger partial charge in [0, 0.05) is 32.7 Å². The second kappa shape index (κ2) is 11.8. The van der Waals surface area contributed by atoms with Crippen molar-refractivity contribution in [2.45, 2.75) is 69.4 Å². The van der Waals surface area contributed by atoms with Crippen LogP contribution in [0.3, 0.4) is 0 Å². The Labute approximate surface area is 205 Å².